The van der Waals surface area contributed by atoms with Gasteiger partial charge in [-0.15, -0.1) is 6.58 Å². The maximum absolute atomic E-state index is 12.9. The van der Waals surface area contributed by atoms with Crippen LogP contribution in [0.4, 0.5) is 4.79 Å². The molecule has 11 heteroatoms. The molecule has 3 rings (SSSR count). The van der Waals surface area contributed by atoms with Crippen molar-refractivity contribution in [2.75, 3.05) is 14.2 Å². The molecule has 2 aromatic rings. The van der Waals surface area contributed by atoms with Crippen molar-refractivity contribution >= 4 is 30.0 Å². The fourth-order valence-electron chi connectivity index (χ4n) is 3.30. The molecule has 1 aliphatic heterocycles. The average Bonchev–Trinajstić information content (AvgIpc) is 3.40. The Morgan fingerprint density at radius 3 is 2.63 bits per heavy atom. The second kappa shape index (κ2) is 10.6. The van der Waals surface area contributed by atoms with Gasteiger partial charge in [0.1, 0.15) is 11.5 Å². The van der Waals surface area contributed by atoms with E-state index >= 15 is 0 Å². The van der Waals surface area contributed by atoms with E-state index in [4.69, 9.17) is 13.9 Å². The summed E-state index contributed by atoms with van der Waals surface area (Å²) in [7, 11) is 2.61. The van der Waals surface area contributed by atoms with Crippen molar-refractivity contribution in [3.05, 3.63) is 65.3 Å². The van der Waals surface area contributed by atoms with E-state index in [1.807, 2.05) is 0 Å². The molecule has 1 aliphatic rings. The Hall–Kier alpha value is -4.54. The Morgan fingerprint density at radius 1 is 1.26 bits per heavy atom. The zero-order chi connectivity index (χ0) is 25.7. The SMILES string of the molecule is C=CCc1cc(/C=C2\NC(=O)N(Cc3ccc(C(=O)OC)o3)C2=O)cc(OC)c1O[C@H](C)C(=O)O. The Kier molecular flexibility index (Phi) is 7.59. The number of hydrogen-bond donors (Lipinski definition) is 2. The van der Waals surface area contributed by atoms with Gasteiger partial charge in [0.15, 0.2) is 17.6 Å². The first-order chi connectivity index (χ1) is 16.7. The fraction of sp³-hybridized carbons (Fsp3) is 0.250. The van der Waals surface area contributed by atoms with Crippen molar-refractivity contribution in [3.63, 3.8) is 0 Å². The highest BCUT2D eigenvalue weighted by atomic mass is 16.5. The molecule has 0 bridgehead atoms. The van der Waals surface area contributed by atoms with E-state index in [1.54, 1.807) is 18.2 Å². The van der Waals surface area contributed by atoms with Crippen molar-refractivity contribution in [2.24, 2.45) is 0 Å². The summed E-state index contributed by atoms with van der Waals surface area (Å²) in [5, 5.41) is 11.7. The maximum atomic E-state index is 12.9. The number of methoxy groups -OCH3 is 2. The molecule has 3 amide bonds. The van der Waals surface area contributed by atoms with E-state index in [0.29, 0.717) is 17.5 Å². The van der Waals surface area contributed by atoms with Crippen LogP contribution in [0, 0.1) is 0 Å². The summed E-state index contributed by atoms with van der Waals surface area (Å²) >= 11 is 0. The number of urea groups is 1. The minimum atomic E-state index is -1.14. The Labute approximate surface area is 200 Å². The number of carbonyl (C=O) groups excluding carboxylic acids is 3. The van der Waals surface area contributed by atoms with Gasteiger partial charge in [-0.2, -0.15) is 0 Å². The van der Waals surface area contributed by atoms with Crippen LogP contribution in [0.3, 0.4) is 0 Å². The lowest BCUT2D eigenvalue weighted by Gasteiger charge is -2.18. The third kappa shape index (κ3) is 5.52. The molecule has 35 heavy (non-hydrogen) atoms. The Balaban J connectivity index is 1.88. The summed E-state index contributed by atoms with van der Waals surface area (Å²) in [5.41, 5.74) is 1.10. The summed E-state index contributed by atoms with van der Waals surface area (Å²) in [6.07, 6.45) is 2.28. The molecule has 11 nitrogen and oxygen atoms in total. The van der Waals surface area contributed by atoms with E-state index in [0.717, 1.165) is 4.90 Å². The molecule has 184 valence electrons. The quantitative estimate of drug-likeness (QED) is 0.225. The van der Waals surface area contributed by atoms with Gasteiger partial charge in [-0.3, -0.25) is 9.69 Å². The van der Waals surface area contributed by atoms with Crippen LogP contribution in [0.25, 0.3) is 6.08 Å². The number of carboxylic acid groups (broad SMARTS) is 1. The minimum absolute atomic E-state index is 0.00826. The van der Waals surface area contributed by atoms with Crippen LogP contribution in [0.15, 0.2) is 47.0 Å². The van der Waals surface area contributed by atoms with Crippen LogP contribution in [-0.4, -0.2) is 54.2 Å². The smallest absolute Gasteiger partial charge is 0.373 e. The predicted molar refractivity (Wildman–Crippen MR) is 122 cm³/mol. The van der Waals surface area contributed by atoms with Gasteiger partial charge in [-0.25, -0.2) is 14.4 Å². The van der Waals surface area contributed by atoms with E-state index in [-0.39, 0.29) is 35.3 Å². The zero-order valence-corrected chi connectivity index (χ0v) is 19.3. The number of rotatable bonds is 10. The molecule has 1 aromatic heterocycles. The highest BCUT2D eigenvalue weighted by Crippen LogP contribution is 2.35. The van der Waals surface area contributed by atoms with Crippen LogP contribution in [-0.2, 0) is 27.3 Å². The number of carboxylic acids is 1. The number of benzene rings is 1. The van der Waals surface area contributed by atoms with Gasteiger partial charge in [0.05, 0.1) is 20.8 Å². The normalized spacial score (nSPS) is 15.1. The number of furan rings is 1. The Morgan fingerprint density at radius 2 is 2.00 bits per heavy atom. The largest absolute Gasteiger partial charge is 0.493 e. The molecule has 0 unspecified atom stereocenters. The summed E-state index contributed by atoms with van der Waals surface area (Å²) in [6.45, 7) is 4.91. The van der Waals surface area contributed by atoms with Gasteiger partial charge >= 0.3 is 18.0 Å². The Bertz CT molecular complexity index is 1210. The number of allylic oxidation sites excluding steroid dienone is 1. The van der Waals surface area contributed by atoms with E-state index < -0.39 is 30.0 Å². The fourth-order valence-corrected chi connectivity index (χ4v) is 3.30. The van der Waals surface area contributed by atoms with E-state index in [9.17, 15) is 24.3 Å². The monoisotopic (exact) mass is 484 g/mol. The average molecular weight is 484 g/mol. The van der Waals surface area contributed by atoms with Gasteiger partial charge in [0, 0.05) is 5.56 Å². The van der Waals surface area contributed by atoms with Crippen LogP contribution in [0.2, 0.25) is 0 Å². The first kappa shape index (κ1) is 25.1. The third-order valence-electron chi connectivity index (χ3n) is 5.02. The summed E-state index contributed by atoms with van der Waals surface area (Å²) < 4.78 is 20.9. The van der Waals surface area contributed by atoms with Gasteiger partial charge < -0.3 is 29.1 Å². The predicted octanol–water partition coefficient (Wildman–Crippen LogP) is 2.75. The molecule has 0 saturated carbocycles. The molecule has 1 saturated heterocycles. The van der Waals surface area contributed by atoms with Crippen LogP contribution < -0.4 is 14.8 Å². The first-order valence-corrected chi connectivity index (χ1v) is 10.4. The second-order valence-corrected chi connectivity index (χ2v) is 7.44. The zero-order valence-electron chi connectivity index (χ0n) is 19.3. The number of imide groups is 1. The van der Waals surface area contributed by atoms with Gasteiger partial charge in [0.2, 0.25) is 5.76 Å². The van der Waals surface area contributed by atoms with Crippen molar-refractivity contribution in [1.82, 2.24) is 10.2 Å². The van der Waals surface area contributed by atoms with Gasteiger partial charge in [0.25, 0.3) is 5.91 Å². The molecule has 2 heterocycles. The highest BCUT2D eigenvalue weighted by molar-refractivity contribution is 6.13. The van der Waals surface area contributed by atoms with Crippen LogP contribution >= 0.6 is 0 Å². The number of hydrogen-bond acceptors (Lipinski definition) is 8. The number of ether oxygens (including phenoxy) is 3. The van der Waals surface area contributed by atoms with Crippen LogP contribution in [0.1, 0.15) is 34.4 Å². The number of nitrogens with zero attached hydrogens (tertiary/aromatic N) is 1. The summed E-state index contributed by atoms with van der Waals surface area (Å²) in [5.74, 6) is -1.75. The van der Waals surface area contributed by atoms with E-state index in [2.05, 4.69) is 16.6 Å². The number of aliphatic carboxylic acids is 1. The molecule has 1 fully saturated rings. The first-order valence-electron chi connectivity index (χ1n) is 10.4. The molecule has 1 atom stereocenters. The molecule has 1 aromatic carbocycles. The van der Waals surface area contributed by atoms with Crippen LogP contribution in [0.5, 0.6) is 11.5 Å². The minimum Gasteiger partial charge on any atom is -0.493 e. The van der Waals surface area contributed by atoms with Crippen molar-refractivity contribution in [2.45, 2.75) is 26.0 Å². The molecular formula is C24H24N2O9. The second-order valence-electron chi connectivity index (χ2n) is 7.44. The van der Waals surface area contributed by atoms with Gasteiger partial charge in [-0.1, -0.05) is 6.08 Å². The summed E-state index contributed by atoms with van der Waals surface area (Å²) in [4.78, 5) is 49.0. The topological polar surface area (TPSA) is 145 Å². The molecule has 0 aliphatic carbocycles. The van der Waals surface area contributed by atoms with E-state index in [1.165, 1.54) is 39.4 Å². The highest BCUT2D eigenvalue weighted by Gasteiger charge is 2.34. The standard InChI is InChI=1S/C24H24N2O9/c1-5-6-15-9-14(11-19(32-3)20(15)34-13(2)22(28)29)10-17-21(27)26(24(31)25-17)12-16-7-8-18(35-16)23(30)33-4/h5,7-11,13H,1,6,12H2,2-4H3,(H,25,31)(H,28,29)/b17-10-/t13-/m1/s1. The number of nitrogens with one attached hydrogen (secondary N) is 1. The lowest BCUT2D eigenvalue weighted by Crippen LogP contribution is -2.30. The van der Waals surface area contributed by atoms with Crippen molar-refractivity contribution < 1.29 is 42.9 Å². The van der Waals surface area contributed by atoms with Crippen molar-refractivity contribution in [3.8, 4) is 11.5 Å². The molecule has 2 N–H and O–H groups in total. The number of amides is 3. The lowest BCUT2D eigenvalue weighted by molar-refractivity contribution is -0.144. The molecule has 0 spiro atoms. The molecule has 0 radical (unpaired) electrons. The van der Waals surface area contributed by atoms with Gasteiger partial charge in [-0.05, 0) is 49.2 Å². The molecular weight excluding hydrogens is 460 g/mol. The lowest BCUT2D eigenvalue weighted by atomic mass is 10.0. The number of carbonyl (C=O) groups is 4. The third-order valence-corrected chi connectivity index (χ3v) is 5.02. The summed E-state index contributed by atoms with van der Waals surface area (Å²) in [6, 6.07) is 5.43. The maximum Gasteiger partial charge on any atom is 0.373 e. The van der Waals surface area contributed by atoms with Crippen molar-refractivity contribution in [1.29, 1.82) is 0 Å². The number of esters is 1.